The number of carbonyl (C=O) groups excluding carboxylic acids is 1. The van der Waals surface area contributed by atoms with Crippen molar-refractivity contribution in [3.63, 3.8) is 0 Å². The quantitative estimate of drug-likeness (QED) is 0.788. The zero-order valence-electron chi connectivity index (χ0n) is 11.4. The van der Waals surface area contributed by atoms with Gasteiger partial charge in [-0.2, -0.15) is 0 Å². The summed E-state index contributed by atoms with van der Waals surface area (Å²) in [7, 11) is 0. The minimum atomic E-state index is 0.110. The third kappa shape index (κ3) is 4.02. The molecule has 1 aromatic carbocycles. The standard InChI is InChI=1S/C15H22ClNO/c1-4-7-12(8-5-2)15(18)17-14-10-6-9-13(16)11(14)3/h6,9-10,12H,4-5,7-8H2,1-3H3,(H,17,18). The van der Waals surface area contributed by atoms with Crippen molar-refractivity contribution in [1.29, 1.82) is 0 Å². The maximum absolute atomic E-state index is 12.2. The Balaban J connectivity index is 2.75. The Morgan fingerprint density at radius 1 is 1.28 bits per heavy atom. The van der Waals surface area contributed by atoms with Gasteiger partial charge < -0.3 is 5.32 Å². The van der Waals surface area contributed by atoms with Crippen molar-refractivity contribution in [3.8, 4) is 0 Å². The van der Waals surface area contributed by atoms with Gasteiger partial charge in [-0.1, -0.05) is 44.4 Å². The fourth-order valence-corrected chi connectivity index (χ4v) is 2.26. The zero-order chi connectivity index (χ0) is 13.5. The average Bonchev–Trinajstić information content (AvgIpc) is 2.34. The number of anilines is 1. The molecule has 0 aromatic heterocycles. The second kappa shape index (κ2) is 7.42. The number of carbonyl (C=O) groups is 1. The van der Waals surface area contributed by atoms with Crippen LogP contribution in [0.25, 0.3) is 0 Å². The summed E-state index contributed by atoms with van der Waals surface area (Å²) >= 11 is 6.05. The second-order valence-corrected chi connectivity index (χ2v) is 5.08. The van der Waals surface area contributed by atoms with Crippen molar-refractivity contribution < 1.29 is 4.79 Å². The van der Waals surface area contributed by atoms with Crippen molar-refractivity contribution >= 4 is 23.2 Å². The maximum atomic E-state index is 12.2. The Morgan fingerprint density at radius 3 is 2.44 bits per heavy atom. The molecule has 3 heteroatoms. The van der Waals surface area contributed by atoms with Crippen LogP contribution in [0.15, 0.2) is 18.2 Å². The van der Waals surface area contributed by atoms with Crippen molar-refractivity contribution in [2.75, 3.05) is 5.32 Å². The predicted molar refractivity (Wildman–Crippen MR) is 78.1 cm³/mol. The summed E-state index contributed by atoms with van der Waals surface area (Å²) in [5.74, 6) is 0.224. The molecule has 0 aliphatic heterocycles. The summed E-state index contributed by atoms with van der Waals surface area (Å²) in [5.41, 5.74) is 1.75. The van der Waals surface area contributed by atoms with E-state index in [1.807, 2.05) is 25.1 Å². The molecule has 0 atom stereocenters. The monoisotopic (exact) mass is 267 g/mol. The lowest BCUT2D eigenvalue weighted by Gasteiger charge is -2.16. The van der Waals surface area contributed by atoms with Crippen LogP contribution in [0.4, 0.5) is 5.69 Å². The van der Waals surface area contributed by atoms with Crippen LogP contribution in [0, 0.1) is 12.8 Å². The normalized spacial score (nSPS) is 10.7. The molecule has 0 spiro atoms. The molecule has 0 unspecified atom stereocenters. The molecule has 1 N–H and O–H groups in total. The number of amides is 1. The Morgan fingerprint density at radius 2 is 1.89 bits per heavy atom. The fraction of sp³-hybridized carbons (Fsp3) is 0.533. The zero-order valence-corrected chi connectivity index (χ0v) is 12.2. The van der Waals surface area contributed by atoms with E-state index in [0.29, 0.717) is 5.02 Å². The van der Waals surface area contributed by atoms with E-state index in [4.69, 9.17) is 11.6 Å². The van der Waals surface area contributed by atoms with E-state index in [2.05, 4.69) is 19.2 Å². The Labute approximate surface area is 115 Å². The molecular weight excluding hydrogens is 246 g/mol. The van der Waals surface area contributed by atoms with Gasteiger partial charge in [-0.25, -0.2) is 0 Å². The Bertz CT molecular complexity index is 397. The molecule has 1 amide bonds. The third-order valence-electron chi connectivity index (χ3n) is 3.17. The van der Waals surface area contributed by atoms with Gasteiger partial charge in [0.25, 0.3) is 0 Å². The van der Waals surface area contributed by atoms with Crippen LogP contribution in [-0.4, -0.2) is 5.91 Å². The lowest BCUT2D eigenvalue weighted by atomic mass is 9.97. The SMILES string of the molecule is CCCC(CCC)C(=O)Nc1cccc(Cl)c1C. The highest BCUT2D eigenvalue weighted by atomic mass is 35.5. The molecule has 0 bridgehead atoms. The number of halogens is 1. The molecule has 0 heterocycles. The number of hydrogen-bond acceptors (Lipinski definition) is 1. The maximum Gasteiger partial charge on any atom is 0.227 e. The molecule has 18 heavy (non-hydrogen) atoms. The Hall–Kier alpha value is -1.02. The molecular formula is C15H22ClNO. The Kier molecular flexibility index (Phi) is 6.20. The molecule has 1 aromatic rings. The van der Waals surface area contributed by atoms with Gasteiger partial charge in [0, 0.05) is 16.6 Å². The van der Waals surface area contributed by atoms with E-state index in [0.717, 1.165) is 36.9 Å². The average molecular weight is 268 g/mol. The fourth-order valence-electron chi connectivity index (χ4n) is 2.08. The van der Waals surface area contributed by atoms with Crippen molar-refractivity contribution in [1.82, 2.24) is 0 Å². The van der Waals surface area contributed by atoms with Gasteiger partial charge in [0.1, 0.15) is 0 Å². The third-order valence-corrected chi connectivity index (χ3v) is 3.58. The molecule has 0 radical (unpaired) electrons. The summed E-state index contributed by atoms with van der Waals surface area (Å²) in [5, 5.41) is 3.69. The summed E-state index contributed by atoms with van der Waals surface area (Å²) in [6.07, 6.45) is 3.96. The largest absolute Gasteiger partial charge is 0.326 e. The molecule has 0 saturated carbocycles. The summed E-state index contributed by atoms with van der Waals surface area (Å²) in [6.45, 7) is 6.15. The summed E-state index contributed by atoms with van der Waals surface area (Å²) in [6, 6.07) is 5.59. The number of rotatable bonds is 6. The first-order valence-corrected chi connectivity index (χ1v) is 7.03. The van der Waals surface area contributed by atoms with Crippen LogP contribution in [0.3, 0.4) is 0 Å². The number of nitrogens with one attached hydrogen (secondary N) is 1. The van der Waals surface area contributed by atoms with Crippen molar-refractivity contribution in [2.45, 2.75) is 46.5 Å². The first-order chi connectivity index (χ1) is 8.60. The summed E-state index contributed by atoms with van der Waals surface area (Å²) < 4.78 is 0. The van der Waals surface area contributed by atoms with Crippen LogP contribution in [0.1, 0.15) is 45.1 Å². The van der Waals surface area contributed by atoms with Gasteiger partial charge in [0.2, 0.25) is 5.91 Å². The first-order valence-electron chi connectivity index (χ1n) is 6.66. The molecule has 0 aliphatic carbocycles. The smallest absolute Gasteiger partial charge is 0.227 e. The predicted octanol–water partition coefficient (Wildman–Crippen LogP) is 4.80. The van der Waals surface area contributed by atoms with Crippen LogP contribution < -0.4 is 5.32 Å². The molecule has 0 aliphatic rings. The molecule has 0 fully saturated rings. The molecule has 0 saturated heterocycles. The van der Waals surface area contributed by atoms with Gasteiger partial charge >= 0.3 is 0 Å². The van der Waals surface area contributed by atoms with Crippen molar-refractivity contribution in [2.24, 2.45) is 5.92 Å². The van der Waals surface area contributed by atoms with Gasteiger partial charge in [-0.3, -0.25) is 4.79 Å². The van der Waals surface area contributed by atoms with E-state index in [-0.39, 0.29) is 11.8 Å². The van der Waals surface area contributed by atoms with Crippen molar-refractivity contribution in [3.05, 3.63) is 28.8 Å². The lowest BCUT2D eigenvalue weighted by molar-refractivity contribution is -0.120. The van der Waals surface area contributed by atoms with Gasteiger partial charge in [-0.15, -0.1) is 0 Å². The van der Waals surface area contributed by atoms with Crippen LogP contribution in [0.2, 0.25) is 5.02 Å². The molecule has 100 valence electrons. The first kappa shape index (κ1) is 15.0. The van der Waals surface area contributed by atoms with Gasteiger partial charge in [-0.05, 0) is 37.5 Å². The van der Waals surface area contributed by atoms with Gasteiger partial charge in [0.05, 0.1) is 0 Å². The topological polar surface area (TPSA) is 29.1 Å². The van der Waals surface area contributed by atoms with E-state index < -0.39 is 0 Å². The minimum absolute atomic E-state index is 0.110. The van der Waals surface area contributed by atoms with Crippen LogP contribution in [-0.2, 0) is 4.79 Å². The summed E-state index contributed by atoms with van der Waals surface area (Å²) in [4.78, 5) is 12.2. The highest BCUT2D eigenvalue weighted by Gasteiger charge is 2.17. The van der Waals surface area contributed by atoms with Crippen LogP contribution >= 0.6 is 11.6 Å². The molecule has 1 rings (SSSR count). The van der Waals surface area contributed by atoms with Crippen LogP contribution in [0.5, 0.6) is 0 Å². The molecule has 2 nitrogen and oxygen atoms in total. The minimum Gasteiger partial charge on any atom is -0.326 e. The van der Waals surface area contributed by atoms with E-state index in [1.165, 1.54) is 0 Å². The van der Waals surface area contributed by atoms with Gasteiger partial charge in [0.15, 0.2) is 0 Å². The second-order valence-electron chi connectivity index (χ2n) is 4.68. The highest BCUT2D eigenvalue weighted by Crippen LogP contribution is 2.24. The number of benzene rings is 1. The van der Waals surface area contributed by atoms with E-state index in [9.17, 15) is 4.79 Å². The van der Waals surface area contributed by atoms with E-state index >= 15 is 0 Å². The highest BCUT2D eigenvalue weighted by molar-refractivity contribution is 6.31. The van der Waals surface area contributed by atoms with E-state index in [1.54, 1.807) is 0 Å². The number of hydrogen-bond donors (Lipinski definition) is 1. The lowest BCUT2D eigenvalue weighted by Crippen LogP contribution is -2.23.